The minimum absolute atomic E-state index is 0.0186. The summed E-state index contributed by atoms with van der Waals surface area (Å²) < 4.78 is 85.7. The van der Waals surface area contributed by atoms with Gasteiger partial charge in [-0.2, -0.15) is 0 Å². The number of carbonyl (C=O) groups excluding carboxylic acids is 5. The summed E-state index contributed by atoms with van der Waals surface area (Å²) >= 11 is 0. The second-order valence-electron chi connectivity index (χ2n) is 19.0. The smallest absolute Gasteiger partial charge is 0.479 e. The van der Waals surface area contributed by atoms with E-state index < -0.39 is 124 Å². The fourth-order valence-electron chi connectivity index (χ4n) is 10.2. The van der Waals surface area contributed by atoms with Gasteiger partial charge in [-0.25, -0.2) is 28.4 Å². The van der Waals surface area contributed by atoms with Crippen molar-refractivity contribution >= 4 is 56.9 Å². The summed E-state index contributed by atoms with van der Waals surface area (Å²) in [7, 11) is -4.10. The van der Waals surface area contributed by atoms with Gasteiger partial charge in [-0.05, 0) is 55.5 Å². The van der Waals surface area contributed by atoms with Crippen LogP contribution in [-0.4, -0.2) is 168 Å². The number of cyclic esters (lactones) is 1. The summed E-state index contributed by atoms with van der Waals surface area (Å²) in [6.07, 6.45) is -6.27. The molecule has 80 heavy (non-hydrogen) atoms. The quantitative estimate of drug-likeness (QED) is 0.0370. The third kappa shape index (κ3) is 9.98. The van der Waals surface area contributed by atoms with E-state index in [4.69, 9.17) is 37.0 Å². The number of rotatable bonds is 19. The van der Waals surface area contributed by atoms with Gasteiger partial charge in [-0.1, -0.05) is 12.1 Å². The summed E-state index contributed by atoms with van der Waals surface area (Å²) in [6, 6.07) is 5.42. The Balaban J connectivity index is 0.905. The van der Waals surface area contributed by atoms with Crippen LogP contribution in [0.5, 0.6) is 17.2 Å². The van der Waals surface area contributed by atoms with Crippen LogP contribution in [0, 0.1) is 5.82 Å². The second kappa shape index (κ2) is 21.4. The van der Waals surface area contributed by atoms with Crippen molar-refractivity contribution in [3.8, 4) is 28.6 Å². The Bertz CT molecular complexity index is 3630. The van der Waals surface area contributed by atoms with Crippen LogP contribution in [0.15, 0.2) is 53.5 Å². The molecule has 6 atom stereocenters. The van der Waals surface area contributed by atoms with Gasteiger partial charge in [0.15, 0.2) is 29.2 Å². The van der Waals surface area contributed by atoms with Gasteiger partial charge in [0, 0.05) is 59.5 Å². The number of amides is 3. The molecule has 28 nitrogen and oxygen atoms in total. The Morgan fingerprint density at radius 2 is 1.69 bits per heavy atom. The topological polar surface area (TPSA) is 374 Å². The normalized spacial score (nSPS) is 21.9. The molecule has 5 N–H and O–H groups in total. The van der Waals surface area contributed by atoms with Gasteiger partial charge in [0.2, 0.25) is 11.9 Å². The Morgan fingerprint density at radius 1 is 0.938 bits per heavy atom. The number of carboxylic acids is 1. The molecule has 10 rings (SSSR count). The fourth-order valence-corrected chi connectivity index (χ4v) is 10.9. The number of hydrogen-bond acceptors (Lipinski definition) is 23. The largest absolute Gasteiger partial charge is 0.501 e. The zero-order valence-electron chi connectivity index (χ0n) is 42.2. The molecular formula is C50H48FN7O21S. The lowest BCUT2D eigenvalue weighted by Gasteiger charge is -2.38. The molecule has 3 aromatic heterocycles. The van der Waals surface area contributed by atoms with E-state index in [0.29, 0.717) is 35.0 Å². The van der Waals surface area contributed by atoms with Crippen molar-refractivity contribution in [1.82, 2.24) is 34.3 Å². The van der Waals surface area contributed by atoms with Gasteiger partial charge in [-0.15, -0.1) is 13.5 Å². The Kier molecular flexibility index (Phi) is 14.7. The lowest BCUT2D eigenvalue weighted by molar-refractivity contribution is -0.271. The SMILES string of the molecule is CC[C@@]1(OC(=O)CO)C(=O)OCc2c1cc1n(c2=O)Cc2c-1nc1cc(F)c(OS(=O)(=O)Oc3cc(C(=O)N(C)CCOCCn4cc(CN5C(=O)C=CC5=O)nn4)ccc3OC3O[C@H](C(=O)O)[C@@H](O)[C@H](O)[C@H]3O)c3c1c2CCC3. The molecule has 30 heteroatoms. The first kappa shape index (κ1) is 55.1. The highest BCUT2D eigenvalue weighted by Gasteiger charge is 2.51. The van der Waals surface area contributed by atoms with Crippen molar-refractivity contribution in [2.75, 3.05) is 33.4 Å². The predicted octanol–water partition coefficient (Wildman–Crippen LogP) is -0.970. The first-order valence-electron chi connectivity index (χ1n) is 24.7. The number of fused-ring (bicyclic) bond motifs is 5. The number of hydrogen-bond donors (Lipinski definition) is 5. The number of carbonyl (C=O) groups is 6. The van der Waals surface area contributed by atoms with E-state index in [2.05, 4.69) is 10.3 Å². The number of esters is 2. The molecular weight excluding hydrogens is 1090 g/mol. The van der Waals surface area contributed by atoms with Crippen molar-refractivity contribution in [2.45, 2.75) is 95.2 Å². The van der Waals surface area contributed by atoms with Gasteiger partial charge < -0.3 is 67.1 Å². The molecule has 7 heterocycles. The number of pyridine rings is 2. The van der Waals surface area contributed by atoms with E-state index in [1.165, 1.54) is 40.4 Å². The summed E-state index contributed by atoms with van der Waals surface area (Å²) in [4.78, 5) is 96.3. The number of ether oxygens (including phenoxy) is 5. The predicted molar refractivity (Wildman–Crippen MR) is 262 cm³/mol. The van der Waals surface area contributed by atoms with Crippen LogP contribution >= 0.6 is 0 Å². The number of benzene rings is 2. The van der Waals surface area contributed by atoms with Crippen molar-refractivity contribution < 1.29 is 99.2 Å². The molecule has 1 saturated heterocycles. The maximum absolute atomic E-state index is 16.6. The van der Waals surface area contributed by atoms with Crippen LogP contribution in [0.1, 0.15) is 63.6 Å². The zero-order chi connectivity index (χ0) is 57.1. The Labute approximate surface area is 450 Å². The molecule has 422 valence electrons. The molecule has 2 aromatic carbocycles. The molecule has 3 amide bonds. The number of aliphatic carboxylic acids is 1. The maximum Gasteiger partial charge on any atom is 0.501 e. The summed E-state index contributed by atoms with van der Waals surface area (Å²) in [6.45, 7) is 0.110. The first-order valence-corrected chi connectivity index (χ1v) is 26.0. The number of aryl methyl sites for hydroxylation is 2. The van der Waals surface area contributed by atoms with E-state index in [1.54, 1.807) is 0 Å². The molecule has 1 aliphatic carbocycles. The molecule has 5 aliphatic rings. The van der Waals surface area contributed by atoms with Gasteiger partial charge >= 0.3 is 28.3 Å². The molecule has 1 unspecified atom stereocenters. The van der Waals surface area contributed by atoms with Gasteiger partial charge in [0.05, 0.1) is 61.5 Å². The maximum atomic E-state index is 16.6. The number of aliphatic hydroxyl groups excluding tert-OH is 4. The zero-order valence-corrected chi connectivity index (χ0v) is 43.0. The molecule has 0 radical (unpaired) electrons. The molecule has 4 aliphatic heterocycles. The third-order valence-electron chi connectivity index (χ3n) is 14.1. The number of carboxylic acid groups (broad SMARTS) is 1. The van der Waals surface area contributed by atoms with E-state index >= 15 is 4.39 Å². The number of nitrogens with zero attached hydrogens (tertiary/aromatic N) is 7. The highest BCUT2D eigenvalue weighted by atomic mass is 32.3. The Morgan fingerprint density at radius 3 is 2.41 bits per heavy atom. The molecule has 0 bridgehead atoms. The standard InChI is InChI=1S/C50H48FN7O21S/c1-3-50(77-37(62)21-59)29-16-32-39-27(20-57(32)46(67)28(29)22-74-49(50)70)25-5-4-6-26-38(25)31(52-39)17-30(51)43(26)79-80(71,72)78-34-15-23(7-8-33(34)75-48-42(65)40(63)41(64)44(76-48)47(68)69)45(66)55(2)11-13-73-14-12-56-18-24(53-54-56)19-58-35(60)9-10-36(58)61/h7-10,15-18,40-42,44,48,59,63-65H,3-6,11-14,19-22H2,1-2H3,(H,68,69)/t40-,41-,42+,44-,48?,50-/m0/s1. The second-order valence-corrected chi connectivity index (χ2v) is 20.2. The van der Waals surface area contributed by atoms with Crippen LogP contribution in [0.4, 0.5) is 4.39 Å². The minimum Gasteiger partial charge on any atom is -0.479 e. The van der Waals surface area contributed by atoms with Crippen LogP contribution in [0.2, 0.25) is 0 Å². The van der Waals surface area contributed by atoms with Gasteiger partial charge in [0.25, 0.3) is 23.3 Å². The fraction of sp³-hybridized carbons (Fsp3) is 0.400. The summed E-state index contributed by atoms with van der Waals surface area (Å²) in [5, 5.41) is 58.9. The van der Waals surface area contributed by atoms with Crippen molar-refractivity contribution in [1.29, 1.82) is 0 Å². The highest BCUT2D eigenvalue weighted by Crippen LogP contribution is 2.46. The van der Waals surface area contributed by atoms with Crippen molar-refractivity contribution in [3.63, 3.8) is 0 Å². The number of aromatic nitrogens is 5. The van der Waals surface area contributed by atoms with E-state index in [0.717, 1.165) is 41.3 Å². The average Bonchev–Trinajstić information content (AvgIpc) is 4.28. The molecule has 5 aromatic rings. The number of likely N-dealkylation sites (N-methyl/N-ethyl adjacent to an activating group) is 1. The average molecular weight is 1130 g/mol. The summed E-state index contributed by atoms with van der Waals surface area (Å²) in [5.41, 5.74) is -0.904. The number of aliphatic hydroxyl groups is 4. The van der Waals surface area contributed by atoms with Crippen molar-refractivity contribution in [2.24, 2.45) is 0 Å². The van der Waals surface area contributed by atoms with Crippen LogP contribution < -0.4 is 18.7 Å². The van der Waals surface area contributed by atoms with Gasteiger partial charge in [0.1, 0.15) is 37.2 Å². The first-order chi connectivity index (χ1) is 38.1. The van der Waals surface area contributed by atoms with E-state index in [-0.39, 0.29) is 91.4 Å². The van der Waals surface area contributed by atoms with E-state index in [1.807, 2.05) is 0 Å². The minimum atomic E-state index is -5.49. The molecule has 1 fully saturated rings. The monoisotopic (exact) mass is 1130 g/mol. The molecule has 0 saturated carbocycles. The van der Waals surface area contributed by atoms with E-state index in [9.17, 15) is 67.5 Å². The van der Waals surface area contributed by atoms with Crippen LogP contribution in [0.3, 0.4) is 0 Å². The highest BCUT2D eigenvalue weighted by molar-refractivity contribution is 7.82. The van der Waals surface area contributed by atoms with Crippen LogP contribution in [0.25, 0.3) is 22.3 Å². The summed E-state index contributed by atoms with van der Waals surface area (Å²) in [5.74, 6) is -9.05. The van der Waals surface area contributed by atoms with Gasteiger partial charge in [-0.3, -0.25) is 24.1 Å². The molecule has 0 spiro atoms. The van der Waals surface area contributed by atoms with Crippen LogP contribution in [-0.2, 0) is 98.0 Å². The Hall–Kier alpha value is -8.26. The number of imide groups is 1. The van der Waals surface area contributed by atoms with Crippen molar-refractivity contribution in [3.05, 3.63) is 104 Å². The lowest BCUT2D eigenvalue weighted by atomic mass is 9.85. The third-order valence-corrected chi connectivity index (χ3v) is 14.9. The number of halogens is 1. The lowest BCUT2D eigenvalue weighted by Crippen LogP contribution is -2.61.